The molecule has 5 heteroatoms. The lowest BCUT2D eigenvalue weighted by Crippen LogP contribution is -2.47. The number of hydrogen-bond acceptors (Lipinski definition) is 3. The van der Waals surface area contributed by atoms with Crippen molar-refractivity contribution < 1.29 is 9.59 Å². The number of urea groups is 1. The fourth-order valence-corrected chi connectivity index (χ4v) is 2.41. The molecule has 1 aromatic rings. The molecule has 0 aliphatic carbocycles. The van der Waals surface area contributed by atoms with Gasteiger partial charge in [-0.1, -0.05) is 18.2 Å². The van der Waals surface area contributed by atoms with Crippen molar-refractivity contribution in [1.82, 2.24) is 10.2 Å². The van der Waals surface area contributed by atoms with Crippen molar-refractivity contribution in [2.75, 3.05) is 18.4 Å². The molecule has 1 saturated heterocycles. The van der Waals surface area contributed by atoms with Gasteiger partial charge in [-0.3, -0.25) is 9.69 Å². The number of anilines is 1. The van der Waals surface area contributed by atoms with Crippen LogP contribution in [0, 0.1) is 0 Å². The molecule has 3 rings (SSSR count). The van der Waals surface area contributed by atoms with E-state index in [1.165, 1.54) is 4.90 Å². The summed E-state index contributed by atoms with van der Waals surface area (Å²) in [6, 6.07) is 7.61. The van der Waals surface area contributed by atoms with E-state index in [4.69, 9.17) is 0 Å². The highest BCUT2D eigenvalue weighted by molar-refractivity contribution is 6.02. The maximum Gasteiger partial charge on any atom is 0.324 e. The minimum Gasteiger partial charge on any atom is -0.383 e. The Morgan fingerprint density at radius 2 is 2.00 bits per heavy atom. The summed E-state index contributed by atoms with van der Waals surface area (Å²) >= 11 is 0. The molecule has 3 amide bonds. The zero-order valence-corrected chi connectivity index (χ0v) is 9.27. The van der Waals surface area contributed by atoms with Crippen molar-refractivity contribution in [2.24, 2.45) is 0 Å². The van der Waals surface area contributed by atoms with Crippen LogP contribution in [-0.2, 0) is 11.2 Å². The fourth-order valence-electron chi connectivity index (χ4n) is 2.41. The molecule has 1 atom stereocenters. The highest BCUT2D eigenvalue weighted by Gasteiger charge is 2.36. The third-order valence-corrected chi connectivity index (χ3v) is 3.24. The Kier molecular flexibility index (Phi) is 2.24. The van der Waals surface area contributed by atoms with Gasteiger partial charge in [-0.15, -0.1) is 0 Å². The van der Waals surface area contributed by atoms with Gasteiger partial charge in [-0.25, -0.2) is 4.79 Å². The molecular weight excluding hydrogens is 218 g/mol. The van der Waals surface area contributed by atoms with E-state index in [2.05, 4.69) is 10.6 Å². The number of nitrogens with zero attached hydrogens (tertiary/aromatic N) is 1. The second kappa shape index (κ2) is 3.76. The van der Waals surface area contributed by atoms with Gasteiger partial charge >= 0.3 is 6.03 Å². The van der Waals surface area contributed by atoms with Crippen LogP contribution >= 0.6 is 0 Å². The summed E-state index contributed by atoms with van der Waals surface area (Å²) in [5.41, 5.74) is 2.24. The molecule has 0 spiro atoms. The average molecular weight is 231 g/mol. The van der Waals surface area contributed by atoms with Crippen LogP contribution in [0.5, 0.6) is 0 Å². The van der Waals surface area contributed by atoms with Crippen LogP contribution in [0.15, 0.2) is 24.3 Å². The number of nitrogens with one attached hydrogen (secondary N) is 2. The number of carbonyl (C=O) groups is 2. The zero-order valence-electron chi connectivity index (χ0n) is 9.27. The maximum absolute atomic E-state index is 11.6. The van der Waals surface area contributed by atoms with Crippen LogP contribution in [0.4, 0.5) is 10.5 Å². The van der Waals surface area contributed by atoms with Crippen molar-refractivity contribution in [3.05, 3.63) is 29.8 Å². The van der Waals surface area contributed by atoms with Gasteiger partial charge in [0.25, 0.3) is 0 Å². The first kappa shape index (κ1) is 10.1. The Bertz CT molecular complexity index is 470. The fraction of sp³-hybridized carbons (Fsp3) is 0.333. The summed E-state index contributed by atoms with van der Waals surface area (Å²) in [6.07, 6.45) is 0.725. The van der Waals surface area contributed by atoms with E-state index < -0.39 is 0 Å². The number of para-hydroxylation sites is 1. The molecule has 0 saturated carbocycles. The van der Waals surface area contributed by atoms with Gasteiger partial charge in [0.2, 0.25) is 5.91 Å². The first-order valence-corrected chi connectivity index (χ1v) is 5.67. The third-order valence-electron chi connectivity index (χ3n) is 3.24. The largest absolute Gasteiger partial charge is 0.383 e. The first-order chi connectivity index (χ1) is 8.25. The maximum atomic E-state index is 11.6. The lowest BCUT2D eigenvalue weighted by atomic mass is 9.99. The standard InChI is InChI=1S/C12H13N3O2/c16-11-7-14-12(17)15(11)9-5-8-3-1-2-4-10(8)13-6-9/h1-4,9,13H,5-7H2,(H,14,17). The molecule has 1 aromatic carbocycles. The van der Waals surface area contributed by atoms with E-state index >= 15 is 0 Å². The predicted octanol–water partition coefficient (Wildman–Crippen LogP) is 0.575. The van der Waals surface area contributed by atoms with E-state index in [1.807, 2.05) is 24.3 Å². The summed E-state index contributed by atoms with van der Waals surface area (Å²) in [5, 5.41) is 5.81. The molecule has 0 radical (unpaired) electrons. The summed E-state index contributed by atoms with van der Waals surface area (Å²) in [5.74, 6) is -0.138. The Morgan fingerprint density at radius 3 is 2.76 bits per heavy atom. The molecule has 88 valence electrons. The second-order valence-corrected chi connectivity index (χ2v) is 4.32. The monoisotopic (exact) mass is 231 g/mol. The molecule has 2 heterocycles. The normalized spacial score (nSPS) is 23.1. The summed E-state index contributed by atoms with van der Waals surface area (Å²) < 4.78 is 0. The van der Waals surface area contributed by atoms with Crippen LogP contribution in [-0.4, -0.2) is 36.0 Å². The van der Waals surface area contributed by atoms with E-state index in [9.17, 15) is 9.59 Å². The van der Waals surface area contributed by atoms with Crippen LogP contribution in [0.3, 0.4) is 0 Å². The molecule has 17 heavy (non-hydrogen) atoms. The Labute approximate surface area is 98.8 Å². The number of hydrogen-bond donors (Lipinski definition) is 2. The van der Waals surface area contributed by atoms with Gasteiger partial charge in [-0.2, -0.15) is 0 Å². The Balaban J connectivity index is 1.84. The third kappa shape index (κ3) is 1.63. The number of amides is 3. The summed E-state index contributed by atoms with van der Waals surface area (Å²) in [6.45, 7) is 0.743. The van der Waals surface area contributed by atoms with Gasteiger partial charge in [-0.05, 0) is 18.1 Å². The van der Waals surface area contributed by atoms with Crippen molar-refractivity contribution in [2.45, 2.75) is 12.5 Å². The molecule has 2 aliphatic heterocycles. The first-order valence-electron chi connectivity index (χ1n) is 5.67. The molecular formula is C12H13N3O2. The SMILES string of the molecule is O=C1CNC(=O)N1C1CNc2ccccc2C1. The van der Waals surface area contributed by atoms with E-state index in [0.717, 1.165) is 17.7 Å². The van der Waals surface area contributed by atoms with Gasteiger partial charge < -0.3 is 10.6 Å². The molecule has 1 unspecified atom stereocenters. The lowest BCUT2D eigenvalue weighted by molar-refractivity contribution is -0.126. The highest BCUT2D eigenvalue weighted by atomic mass is 16.2. The van der Waals surface area contributed by atoms with Gasteiger partial charge in [0, 0.05) is 12.2 Å². The van der Waals surface area contributed by atoms with Crippen LogP contribution in [0.25, 0.3) is 0 Å². The quantitative estimate of drug-likeness (QED) is 0.695. The van der Waals surface area contributed by atoms with Gasteiger partial charge in [0.15, 0.2) is 0 Å². The molecule has 0 aromatic heterocycles. The number of fused-ring (bicyclic) bond motifs is 1. The van der Waals surface area contributed by atoms with E-state index in [0.29, 0.717) is 6.54 Å². The molecule has 2 N–H and O–H groups in total. The highest BCUT2D eigenvalue weighted by Crippen LogP contribution is 2.24. The summed E-state index contributed by atoms with van der Waals surface area (Å²) in [7, 11) is 0. The summed E-state index contributed by atoms with van der Waals surface area (Å²) in [4.78, 5) is 24.5. The molecule has 2 aliphatic rings. The van der Waals surface area contributed by atoms with Gasteiger partial charge in [0.05, 0.1) is 12.6 Å². The zero-order chi connectivity index (χ0) is 11.8. The number of imide groups is 1. The number of carbonyl (C=O) groups excluding carboxylic acids is 2. The number of benzene rings is 1. The minimum absolute atomic E-state index is 0.0834. The van der Waals surface area contributed by atoms with Crippen LogP contribution in [0.1, 0.15) is 5.56 Å². The van der Waals surface area contributed by atoms with E-state index in [1.54, 1.807) is 0 Å². The molecule has 0 bridgehead atoms. The lowest BCUT2D eigenvalue weighted by Gasteiger charge is -2.31. The predicted molar refractivity (Wildman–Crippen MR) is 62.7 cm³/mol. The van der Waals surface area contributed by atoms with Crippen molar-refractivity contribution in [3.8, 4) is 0 Å². The molecule has 5 nitrogen and oxygen atoms in total. The average Bonchev–Trinajstić information content (AvgIpc) is 2.68. The smallest absolute Gasteiger partial charge is 0.324 e. The second-order valence-electron chi connectivity index (χ2n) is 4.32. The minimum atomic E-state index is -0.277. The Hall–Kier alpha value is -2.04. The van der Waals surface area contributed by atoms with Crippen LogP contribution in [0.2, 0.25) is 0 Å². The Morgan fingerprint density at radius 1 is 1.18 bits per heavy atom. The van der Waals surface area contributed by atoms with Gasteiger partial charge in [0.1, 0.15) is 0 Å². The van der Waals surface area contributed by atoms with Crippen molar-refractivity contribution >= 4 is 17.6 Å². The van der Waals surface area contributed by atoms with E-state index in [-0.39, 0.29) is 24.5 Å². The topological polar surface area (TPSA) is 61.4 Å². The van der Waals surface area contributed by atoms with Crippen molar-refractivity contribution in [3.63, 3.8) is 0 Å². The molecule has 1 fully saturated rings. The number of rotatable bonds is 1. The van der Waals surface area contributed by atoms with Crippen molar-refractivity contribution in [1.29, 1.82) is 0 Å². The van der Waals surface area contributed by atoms with Crippen LogP contribution < -0.4 is 10.6 Å².